The number of benzene rings is 1. The molecule has 1 aliphatic heterocycles. The molecule has 144 valence electrons. The van der Waals surface area contributed by atoms with Gasteiger partial charge < -0.3 is 10.6 Å². The lowest BCUT2D eigenvalue weighted by Crippen LogP contribution is -2.58. The molecule has 3 rings (SSSR count). The number of piperidine rings is 1. The molecule has 0 atom stereocenters. The monoisotopic (exact) mass is 383 g/mol. The van der Waals surface area contributed by atoms with Crippen molar-refractivity contribution in [1.82, 2.24) is 9.62 Å². The molecule has 0 aromatic heterocycles. The summed E-state index contributed by atoms with van der Waals surface area (Å²) in [6, 6.07) is 4.51. The van der Waals surface area contributed by atoms with Gasteiger partial charge >= 0.3 is 0 Å². The van der Waals surface area contributed by atoms with Crippen molar-refractivity contribution < 1.29 is 17.6 Å². The van der Waals surface area contributed by atoms with Crippen LogP contribution in [0.2, 0.25) is 0 Å². The lowest BCUT2D eigenvalue weighted by molar-refractivity contribution is -0.139. The number of sulfonamides is 1. The van der Waals surface area contributed by atoms with E-state index in [1.165, 1.54) is 12.1 Å². The molecule has 0 radical (unpaired) electrons. The zero-order valence-electron chi connectivity index (χ0n) is 14.8. The Bertz CT molecular complexity index is 737. The number of nitrogens with one attached hydrogen (secondary N) is 1. The van der Waals surface area contributed by atoms with Gasteiger partial charge in [0, 0.05) is 19.1 Å². The number of carbonyl (C=O) groups excluding carboxylic acids is 1. The Morgan fingerprint density at radius 2 is 1.69 bits per heavy atom. The van der Waals surface area contributed by atoms with Crippen molar-refractivity contribution in [3.63, 3.8) is 0 Å². The van der Waals surface area contributed by atoms with Crippen LogP contribution in [0.15, 0.2) is 29.2 Å². The summed E-state index contributed by atoms with van der Waals surface area (Å²) in [5.41, 5.74) is 5.57. The zero-order chi connectivity index (χ0) is 18.8. The second-order valence-electron chi connectivity index (χ2n) is 7.36. The van der Waals surface area contributed by atoms with Crippen molar-refractivity contribution in [2.75, 3.05) is 13.1 Å². The SMILES string of the molecule is NC1(C(=O)N2CCC(NS(=O)(=O)c3ccc(F)cc3)CC2)CCCCC1. The number of amides is 1. The fraction of sp³-hybridized carbons (Fsp3) is 0.611. The van der Waals surface area contributed by atoms with E-state index in [0.29, 0.717) is 25.9 Å². The Morgan fingerprint density at radius 1 is 1.12 bits per heavy atom. The van der Waals surface area contributed by atoms with Crippen LogP contribution in [0.3, 0.4) is 0 Å². The van der Waals surface area contributed by atoms with Gasteiger partial charge in [-0.2, -0.15) is 0 Å². The Kier molecular flexibility index (Phi) is 5.64. The molecule has 0 spiro atoms. The Labute approximate surface area is 154 Å². The topological polar surface area (TPSA) is 92.5 Å². The summed E-state index contributed by atoms with van der Waals surface area (Å²) in [5, 5.41) is 0. The minimum Gasteiger partial charge on any atom is -0.341 e. The third-order valence-electron chi connectivity index (χ3n) is 5.40. The maximum atomic E-state index is 13.0. The van der Waals surface area contributed by atoms with Crippen LogP contribution >= 0.6 is 0 Å². The predicted octanol–water partition coefficient (Wildman–Crippen LogP) is 1.76. The standard InChI is InChI=1S/C18H26FN3O3S/c19-14-4-6-16(7-5-14)26(24,25)21-15-8-12-22(13-9-15)17(23)18(20)10-2-1-3-11-18/h4-7,15,21H,1-3,8-13,20H2. The molecule has 1 saturated carbocycles. The first kappa shape index (κ1) is 19.3. The fourth-order valence-corrected chi connectivity index (χ4v) is 5.12. The maximum Gasteiger partial charge on any atom is 0.242 e. The average molecular weight is 383 g/mol. The molecule has 6 nitrogen and oxygen atoms in total. The van der Waals surface area contributed by atoms with E-state index in [1.54, 1.807) is 4.90 Å². The van der Waals surface area contributed by atoms with Crippen LogP contribution in [-0.4, -0.2) is 43.9 Å². The number of hydrogen-bond acceptors (Lipinski definition) is 4. The first-order valence-corrected chi connectivity index (χ1v) is 10.6. The molecule has 1 aliphatic carbocycles. The number of nitrogens with zero attached hydrogens (tertiary/aromatic N) is 1. The largest absolute Gasteiger partial charge is 0.341 e. The highest BCUT2D eigenvalue weighted by atomic mass is 32.2. The van der Waals surface area contributed by atoms with Crippen LogP contribution in [0, 0.1) is 5.82 Å². The van der Waals surface area contributed by atoms with E-state index in [-0.39, 0.29) is 16.8 Å². The third kappa shape index (κ3) is 4.24. The smallest absolute Gasteiger partial charge is 0.242 e. The molecule has 1 saturated heterocycles. The van der Waals surface area contributed by atoms with Gasteiger partial charge in [-0.05, 0) is 49.9 Å². The van der Waals surface area contributed by atoms with E-state index < -0.39 is 21.4 Å². The predicted molar refractivity (Wildman–Crippen MR) is 96.3 cm³/mol. The average Bonchev–Trinajstić information content (AvgIpc) is 2.62. The summed E-state index contributed by atoms with van der Waals surface area (Å²) in [5.74, 6) is -0.480. The van der Waals surface area contributed by atoms with Gasteiger partial charge in [-0.3, -0.25) is 4.79 Å². The van der Waals surface area contributed by atoms with Gasteiger partial charge in [0.15, 0.2) is 0 Å². The van der Waals surface area contributed by atoms with E-state index in [2.05, 4.69) is 4.72 Å². The van der Waals surface area contributed by atoms with Crippen molar-refractivity contribution in [2.45, 2.75) is 61.4 Å². The summed E-state index contributed by atoms with van der Waals surface area (Å²) in [4.78, 5) is 14.6. The quantitative estimate of drug-likeness (QED) is 0.829. The number of carbonyl (C=O) groups is 1. The van der Waals surface area contributed by atoms with Gasteiger partial charge in [0.05, 0.1) is 10.4 Å². The summed E-state index contributed by atoms with van der Waals surface area (Å²) in [6.45, 7) is 0.989. The molecule has 26 heavy (non-hydrogen) atoms. The summed E-state index contributed by atoms with van der Waals surface area (Å²) >= 11 is 0. The highest BCUT2D eigenvalue weighted by Crippen LogP contribution is 2.29. The third-order valence-corrected chi connectivity index (χ3v) is 6.94. The lowest BCUT2D eigenvalue weighted by atomic mass is 9.81. The Morgan fingerprint density at radius 3 is 2.27 bits per heavy atom. The minimum absolute atomic E-state index is 0.00274. The van der Waals surface area contributed by atoms with Crippen molar-refractivity contribution in [2.24, 2.45) is 5.73 Å². The molecule has 2 aliphatic rings. The number of nitrogens with two attached hydrogens (primary N) is 1. The first-order valence-electron chi connectivity index (χ1n) is 9.16. The van der Waals surface area contributed by atoms with E-state index in [0.717, 1.165) is 44.2 Å². The Hall–Kier alpha value is -1.51. The molecule has 8 heteroatoms. The van der Waals surface area contributed by atoms with Crippen molar-refractivity contribution in [3.8, 4) is 0 Å². The molecular weight excluding hydrogens is 357 g/mol. The molecule has 1 amide bonds. The summed E-state index contributed by atoms with van der Waals surface area (Å²) in [6.07, 6.45) is 5.63. The number of hydrogen-bond donors (Lipinski definition) is 2. The van der Waals surface area contributed by atoms with Crippen LogP contribution in [-0.2, 0) is 14.8 Å². The molecule has 2 fully saturated rings. The summed E-state index contributed by atoms with van der Waals surface area (Å²) < 4.78 is 40.4. The molecule has 1 heterocycles. The second kappa shape index (κ2) is 7.62. The number of rotatable bonds is 4. The van der Waals surface area contributed by atoms with Crippen LogP contribution in [0.1, 0.15) is 44.9 Å². The van der Waals surface area contributed by atoms with Gasteiger partial charge in [-0.15, -0.1) is 0 Å². The Balaban J connectivity index is 1.56. The van der Waals surface area contributed by atoms with Gasteiger partial charge in [-0.1, -0.05) is 19.3 Å². The highest BCUT2D eigenvalue weighted by molar-refractivity contribution is 7.89. The van der Waals surface area contributed by atoms with Crippen molar-refractivity contribution >= 4 is 15.9 Å². The molecule has 0 unspecified atom stereocenters. The van der Waals surface area contributed by atoms with E-state index in [4.69, 9.17) is 5.73 Å². The van der Waals surface area contributed by atoms with E-state index in [9.17, 15) is 17.6 Å². The minimum atomic E-state index is -3.69. The number of likely N-dealkylation sites (tertiary alicyclic amines) is 1. The second-order valence-corrected chi connectivity index (χ2v) is 9.07. The number of halogens is 1. The lowest BCUT2D eigenvalue weighted by Gasteiger charge is -2.40. The van der Waals surface area contributed by atoms with Crippen molar-refractivity contribution in [3.05, 3.63) is 30.1 Å². The molecular formula is C18H26FN3O3S. The summed E-state index contributed by atoms with van der Waals surface area (Å²) in [7, 11) is -3.69. The van der Waals surface area contributed by atoms with Crippen molar-refractivity contribution in [1.29, 1.82) is 0 Å². The highest BCUT2D eigenvalue weighted by Gasteiger charge is 2.39. The van der Waals surface area contributed by atoms with Crippen LogP contribution in [0.5, 0.6) is 0 Å². The van der Waals surface area contributed by atoms with Gasteiger partial charge in [0.1, 0.15) is 5.82 Å². The van der Waals surface area contributed by atoms with Gasteiger partial charge in [0.25, 0.3) is 0 Å². The van der Waals surface area contributed by atoms with E-state index >= 15 is 0 Å². The van der Waals surface area contributed by atoms with Crippen LogP contribution < -0.4 is 10.5 Å². The molecule has 0 bridgehead atoms. The zero-order valence-corrected chi connectivity index (χ0v) is 15.6. The van der Waals surface area contributed by atoms with E-state index in [1.807, 2.05) is 0 Å². The molecule has 3 N–H and O–H groups in total. The normalized spacial score (nSPS) is 21.5. The first-order chi connectivity index (χ1) is 12.3. The van der Waals surface area contributed by atoms with Crippen LogP contribution in [0.4, 0.5) is 4.39 Å². The van der Waals surface area contributed by atoms with Gasteiger partial charge in [0.2, 0.25) is 15.9 Å². The maximum absolute atomic E-state index is 13.0. The molecule has 1 aromatic carbocycles. The fourth-order valence-electron chi connectivity index (χ4n) is 3.81. The van der Waals surface area contributed by atoms with Gasteiger partial charge in [-0.25, -0.2) is 17.5 Å². The molecule has 1 aromatic rings. The van der Waals surface area contributed by atoms with Crippen LogP contribution in [0.25, 0.3) is 0 Å².